The van der Waals surface area contributed by atoms with E-state index in [1.807, 2.05) is 13.8 Å². The first kappa shape index (κ1) is 28.1. The molecule has 2 nitrogen and oxygen atoms in total. The number of benzene rings is 1. The maximum absolute atomic E-state index is 12.5. The van der Waals surface area contributed by atoms with Gasteiger partial charge in [-0.05, 0) is 40.8 Å². The zero-order valence-electron chi connectivity index (χ0n) is 11.9. The van der Waals surface area contributed by atoms with E-state index in [0.717, 1.165) is 6.07 Å². The SMILES string of the molecule is CC.CC(C)c1cc(S(=O)[O-])cc(C(F)(F)F)c1.F.F.F. The third-order valence-electron chi connectivity index (χ3n) is 2.12. The average molecular weight is 341 g/mol. The molecule has 0 radical (unpaired) electrons. The van der Waals surface area contributed by atoms with Crippen molar-refractivity contribution >= 4 is 11.1 Å². The van der Waals surface area contributed by atoms with Gasteiger partial charge in [0.25, 0.3) is 0 Å². The van der Waals surface area contributed by atoms with E-state index < -0.39 is 22.8 Å². The van der Waals surface area contributed by atoms with Crippen LogP contribution < -0.4 is 0 Å². The van der Waals surface area contributed by atoms with Crippen LogP contribution in [0.5, 0.6) is 0 Å². The van der Waals surface area contributed by atoms with Crippen LogP contribution in [0.25, 0.3) is 0 Å². The Morgan fingerprint density at radius 1 is 1.05 bits per heavy atom. The van der Waals surface area contributed by atoms with Crippen molar-refractivity contribution < 1.29 is 36.0 Å². The van der Waals surface area contributed by atoms with E-state index in [0.29, 0.717) is 11.6 Å². The second kappa shape index (κ2) is 11.6. The third-order valence-corrected chi connectivity index (χ3v) is 2.74. The van der Waals surface area contributed by atoms with Crippen molar-refractivity contribution in [3.63, 3.8) is 0 Å². The summed E-state index contributed by atoms with van der Waals surface area (Å²) in [6, 6.07) is 2.86. The average Bonchev–Trinajstić information content (AvgIpc) is 2.29. The van der Waals surface area contributed by atoms with Gasteiger partial charge in [-0.3, -0.25) is 18.3 Å². The lowest BCUT2D eigenvalue weighted by Crippen LogP contribution is -2.07. The second-order valence-corrected chi connectivity index (χ2v) is 4.62. The maximum Gasteiger partial charge on any atom is 0.416 e. The molecule has 0 aliphatic rings. The van der Waals surface area contributed by atoms with E-state index in [9.17, 15) is 21.9 Å². The van der Waals surface area contributed by atoms with Crippen LogP contribution in [0, 0.1) is 0 Å². The molecule has 0 spiro atoms. The van der Waals surface area contributed by atoms with Gasteiger partial charge in [0.1, 0.15) is 0 Å². The Kier molecular flexibility index (Phi) is 15.5. The van der Waals surface area contributed by atoms with Gasteiger partial charge in [0.2, 0.25) is 0 Å². The topological polar surface area (TPSA) is 40.1 Å². The molecular formula is C12H19F6O2S-. The number of rotatable bonds is 2. The van der Waals surface area contributed by atoms with E-state index in [4.69, 9.17) is 0 Å². The molecular weight excluding hydrogens is 322 g/mol. The molecule has 1 unspecified atom stereocenters. The summed E-state index contributed by atoms with van der Waals surface area (Å²) in [7, 11) is 0. The molecule has 0 bridgehead atoms. The lowest BCUT2D eigenvalue weighted by molar-refractivity contribution is -0.137. The van der Waals surface area contributed by atoms with Crippen LogP contribution in [0.15, 0.2) is 23.1 Å². The first-order valence-corrected chi connectivity index (χ1v) is 6.60. The van der Waals surface area contributed by atoms with Gasteiger partial charge in [-0.25, -0.2) is 0 Å². The van der Waals surface area contributed by atoms with E-state index in [-0.39, 0.29) is 24.9 Å². The largest absolute Gasteiger partial charge is 0.768 e. The van der Waals surface area contributed by atoms with Gasteiger partial charge in [0.05, 0.1) is 5.56 Å². The summed E-state index contributed by atoms with van der Waals surface area (Å²) in [5.74, 6) is -0.162. The van der Waals surface area contributed by atoms with Gasteiger partial charge >= 0.3 is 6.18 Å². The number of hydrogen-bond donors (Lipinski definition) is 0. The van der Waals surface area contributed by atoms with Crippen molar-refractivity contribution in [2.75, 3.05) is 0 Å². The summed E-state index contributed by atoms with van der Waals surface area (Å²) in [6.07, 6.45) is -4.53. The number of hydrogen-bond acceptors (Lipinski definition) is 2. The molecule has 0 saturated carbocycles. The van der Waals surface area contributed by atoms with Crippen LogP contribution in [-0.2, 0) is 17.3 Å². The fourth-order valence-corrected chi connectivity index (χ4v) is 1.67. The smallest absolute Gasteiger partial charge is 0.416 e. The molecule has 0 N–H and O–H groups in total. The Morgan fingerprint density at radius 2 is 1.48 bits per heavy atom. The quantitative estimate of drug-likeness (QED) is 0.585. The highest BCUT2D eigenvalue weighted by Crippen LogP contribution is 2.32. The maximum atomic E-state index is 12.5. The van der Waals surface area contributed by atoms with Crippen LogP contribution in [0.2, 0.25) is 0 Å². The monoisotopic (exact) mass is 341 g/mol. The van der Waals surface area contributed by atoms with Crippen molar-refractivity contribution in [3.8, 4) is 0 Å². The molecule has 21 heavy (non-hydrogen) atoms. The molecule has 1 rings (SSSR count). The fraction of sp³-hybridized carbons (Fsp3) is 0.500. The molecule has 1 atom stereocenters. The van der Waals surface area contributed by atoms with Gasteiger partial charge < -0.3 is 4.55 Å². The highest BCUT2D eigenvalue weighted by Gasteiger charge is 2.31. The summed E-state index contributed by atoms with van der Waals surface area (Å²) in [4.78, 5) is -0.335. The van der Waals surface area contributed by atoms with Crippen LogP contribution in [0.3, 0.4) is 0 Å². The Morgan fingerprint density at radius 3 is 1.76 bits per heavy atom. The van der Waals surface area contributed by atoms with Gasteiger partial charge in [-0.1, -0.05) is 27.7 Å². The molecule has 0 aromatic heterocycles. The molecule has 0 aliphatic heterocycles. The molecule has 1 aromatic rings. The van der Waals surface area contributed by atoms with Crippen LogP contribution in [0.4, 0.5) is 27.3 Å². The fourth-order valence-electron chi connectivity index (χ4n) is 1.22. The number of halogens is 6. The summed E-state index contributed by atoms with van der Waals surface area (Å²) >= 11 is -2.65. The molecule has 0 fully saturated rings. The number of alkyl halides is 3. The van der Waals surface area contributed by atoms with Crippen LogP contribution in [-0.4, -0.2) is 8.76 Å². The molecule has 0 heterocycles. The second-order valence-electron chi connectivity index (χ2n) is 3.68. The highest BCUT2D eigenvalue weighted by molar-refractivity contribution is 7.79. The summed E-state index contributed by atoms with van der Waals surface area (Å²) < 4.78 is 58.8. The van der Waals surface area contributed by atoms with E-state index in [1.54, 1.807) is 13.8 Å². The lowest BCUT2D eigenvalue weighted by atomic mass is 10.0. The van der Waals surface area contributed by atoms with Crippen molar-refractivity contribution in [1.29, 1.82) is 0 Å². The molecule has 0 saturated heterocycles. The van der Waals surface area contributed by atoms with Crippen molar-refractivity contribution in [1.82, 2.24) is 0 Å². The minimum atomic E-state index is -4.53. The van der Waals surface area contributed by atoms with Gasteiger partial charge in [-0.2, -0.15) is 13.2 Å². The standard InChI is InChI=1S/C10H11F3O2S.C2H6.3FH/c1-6(2)7-3-8(10(11,12)13)5-9(4-7)16(14)15;1-2;;;/h3-6H,1-2H3,(H,14,15);1-2H3;3*1H/p-1. The third kappa shape index (κ3) is 8.71. The van der Waals surface area contributed by atoms with Gasteiger partial charge in [0.15, 0.2) is 0 Å². The predicted molar refractivity (Wildman–Crippen MR) is 71.6 cm³/mol. The lowest BCUT2D eigenvalue weighted by Gasteiger charge is -2.15. The molecule has 0 amide bonds. The molecule has 128 valence electrons. The van der Waals surface area contributed by atoms with Gasteiger partial charge in [-0.15, -0.1) is 0 Å². The molecule has 0 aliphatic carbocycles. The first-order valence-electron chi connectivity index (χ1n) is 5.53. The summed E-state index contributed by atoms with van der Waals surface area (Å²) in [5.41, 5.74) is -0.577. The van der Waals surface area contributed by atoms with Crippen LogP contribution in [0.1, 0.15) is 44.7 Å². The van der Waals surface area contributed by atoms with E-state index in [1.165, 1.54) is 6.07 Å². The first-order chi connectivity index (χ1) is 8.21. The zero-order chi connectivity index (χ0) is 14.5. The molecule has 9 heteroatoms. The predicted octanol–water partition coefficient (Wildman–Crippen LogP) is 4.55. The summed E-state index contributed by atoms with van der Waals surface area (Å²) in [5, 5.41) is 0. The summed E-state index contributed by atoms with van der Waals surface area (Å²) in [6.45, 7) is 7.40. The Balaban J connectivity index is -0.000000276. The van der Waals surface area contributed by atoms with Crippen LogP contribution >= 0.6 is 0 Å². The van der Waals surface area contributed by atoms with Crippen molar-refractivity contribution in [3.05, 3.63) is 29.3 Å². The minimum Gasteiger partial charge on any atom is -0.768 e. The Labute approximate surface area is 122 Å². The Hall–Kier alpha value is -1.09. The van der Waals surface area contributed by atoms with Gasteiger partial charge in [0, 0.05) is 4.90 Å². The normalized spacial score (nSPS) is 11.1. The van der Waals surface area contributed by atoms with Crippen molar-refractivity contribution in [2.24, 2.45) is 0 Å². The highest BCUT2D eigenvalue weighted by atomic mass is 32.2. The molecule has 1 aromatic carbocycles. The Bertz CT molecular complexity index is 421. The minimum absolute atomic E-state index is 0. The zero-order valence-corrected chi connectivity index (χ0v) is 12.7. The van der Waals surface area contributed by atoms with E-state index >= 15 is 0 Å². The van der Waals surface area contributed by atoms with E-state index in [2.05, 4.69) is 0 Å². The van der Waals surface area contributed by atoms with Crippen molar-refractivity contribution in [2.45, 2.75) is 44.7 Å².